The second-order valence-electron chi connectivity index (χ2n) is 3.96. The topological polar surface area (TPSA) is 108 Å². The van der Waals surface area contributed by atoms with Crippen molar-refractivity contribution in [2.45, 2.75) is 20.3 Å². The number of carbonyl (C=O) groups is 2. The minimum absolute atomic E-state index is 0.120. The maximum Gasteiger partial charge on any atom is 0.263 e. The summed E-state index contributed by atoms with van der Waals surface area (Å²) in [5.74, 6) is -0.778. The van der Waals surface area contributed by atoms with E-state index >= 15 is 0 Å². The molecule has 0 rings (SSSR count). The van der Waals surface area contributed by atoms with Gasteiger partial charge in [-0.2, -0.15) is 5.26 Å². The van der Waals surface area contributed by atoms with E-state index in [4.69, 9.17) is 15.7 Å². The largest absolute Gasteiger partial charge is 0.382 e. The summed E-state index contributed by atoms with van der Waals surface area (Å²) >= 11 is 0. The molecule has 0 unspecified atom stereocenters. The Hall–Kier alpha value is -1.91. The van der Waals surface area contributed by atoms with Crippen LogP contribution in [-0.2, 0) is 14.3 Å². The van der Waals surface area contributed by atoms with Crippen molar-refractivity contribution in [2.24, 2.45) is 5.73 Å². The molecule has 112 valence electrons. The number of nitriles is 1. The van der Waals surface area contributed by atoms with E-state index in [9.17, 15) is 9.59 Å². The Balaban J connectivity index is 4.45. The fourth-order valence-electron chi connectivity index (χ4n) is 1.36. The fraction of sp³-hybridized carbons (Fsp3) is 0.615. The van der Waals surface area contributed by atoms with Crippen molar-refractivity contribution in [1.29, 1.82) is 5.26 Å². The highest BCUT2D eigenvalue weighted by molar-refractivity contribution is 5.97. The standard InChI is InChI=1S/C13H22N4O3/c1-3-20-8-4-6-16-13(19)12(9-15)10-17(7-5-14)11(2)18/h10H,3-8,14H2,1-2H3,(H,16,19)/b12-10-. The quantitative estimate of drug-likeness (QED) is 0.344. The van der Waals surface area contributed by atoms with Crippen molar-refractivity contribution < 1.29 is 14.3 Å². The lowest BCUT2D eigenvalue weighted by atomic mass is 10.2. The summed E-state index contributed by atoms with van der Waals surface area (Å²) in [5, 5.41) is 11.6. The van der Waals surface area contributed by atoms with E-state index < -0.39 is 5.91 Å². The predicted octanol–water partition coefficient (Wildman–Crippen LogP) is -0.256. The van der Waals surface area contributed by atoms with Crippen LogP contribution in [0.25, 0.3) is 0 Å². The van der Waals surface area contributed by atoms with Gasteiger partial charge in [0.05, 0.1) is 0 Å². The summed E-state index contributed by atoms with van der Waals surface area (Å²) in [4.78, 5) is 24.3. The molecule has 0 saturated heterocycles. The van der Waals surface area contributed by atoms with Crippen LogP contribution in [0.1, 0.15) is 20.3 Å². The van der Waals surface area contributed by atoms with E-state index in [-0.39, 0.29) is 24.6 Å². The lowest BCUT2D eigenvalue weighted by Crippen LogP contribution is -2.32. The second kappa shape index (κ2) is 11.0. The van der Waals surface area contributed by atoms with Crippen molar-refractivity contribution >= 4 is 11.8 Å². The molecule has 0 spiro atoms. The molecule has 0 fully saturated rings. The summed E-state index contributed by atoms with van der Waals surface area (Å²) < 4.78 is 5.13. The first-order valence-electron chi connectivity index (χ1n) is 6.51. The van der Waals surface area contributed by atoms with Crippen molar-refractivity contribution in [3.05, 3.63) is 11.8 Å². The smallest absolute Gasteiger partial charge is 0.263 e. The number of hydrogen-bond donors (Lipinski definition) is 2. The number of carbonyl (C=O) groups excluding carboxylic acids is 2. The molecular formula is C13H22N4O3. The van der Waals surface area contributed by atoms with E-state index in [0.717, 1.165) is 0 Å². The zero-order valence-electron chi connectivity index (χ0n) is 12.0. The molecule has 0 aromatic rings. The Labute approximate surface area is 119 Å². The number of hydrogen-bond acceptors (Lipinski definition) is 5. The lowest BCUT2D eigenvalue weighted by molar-refractivity contribution is -0.126. The highest BCUT2D eigenvalue weighted by Crippen LogP contribution is 1.99. The molecule has 0 aliphatic carbocycles. The first-order chi connectivity index (χ1) is 9.56. The van der Waals surface area contributed by atoms with E-state index in [1.165, 1.54) is 18.0 Å². The second-order valence-corrected chi connectivity index (χ2v) is 3.96. The zero-order chi connectivity index (χ0) is 15.4. The molecule has 0 aromatic heterocycles. The Morgan fingerprint density at radius 2 is 2.20 bits per heavy atom. The van der Waals surface area contributed by atoms with E-state index in [0.29, 0.717) is 26.2 Å². The van der Waals surface area contributed by atoms with Crippen LogP contribution in [0.15, 0.2) is 11.8 Å². The van der Waals surface area contributed by atoms with Crippen LogP contribution in [0.2, 0.25) is 0 Å². The normalized spacial score (nSPS) is 10.8. The summed E-state index contributed by atoms with van der Waals surface area (Å²) in [5.41, 5.74) is 5.25. The van der Waals surface area contributed by atoms with Gasteiger partial charge < -0.3 is 20.7 Å². The average Bonchev–Trinajstić information content (AvgIpc) is 2.42. The number of nitrogens with zero attached hydrogens (tertiary/aromatic N) is 2. The number of rotatable bonds is 9. The van der Waals surface area contributed by atoms with Crippen LogP contribution in [0.4, 0.5) is 0 Å². The minimum atomic E-state index is -0.507. The van der Waals surface area contributed by atoms with Gasteiger partial charge in [0.25, 0.3) is 5.91 Å². The molecule has 2 amide bonds. The van der Waals surface area contributed by atoms with Crippen LogP contribution in [0.3, 0.4) is 0 Å². The predicted molar refractivity (Wildman–Crippen MR) is 74.3 cm³/mol. The third-order valence-corrected chi connectivity index (χ3v) is 2.38. The van der Waals surface area contributed by atoms with Crippen LogP contribution >= 0.6 is 0 Å². The summed E-state index contributed by atoms with van der Waals surface area (Å²) in [6.45, 7) is 5.35. The Kier molecular flexibility index (Phi) is 9.92. The zero-order valence-corrected chi connectivity index (χ0v) is 12.0. The molecule has 0 atom stereocenters. The number of amides is 2. The molecule has 7 nitrogen and oxygen atoms in total. The minimum Gasteiger partial charge on any atom is -0.382 e. The van der Waals surface area contributed by atoms with Gasteiger partial charge in [-0.1, -0.05) is 0 Å². The van der Waals surface area contributed by atoms with Gasteiger partial charge in [-0.3, -0.25) is 9.59 Å². The van der Waals surface area contributed by atoms with Crippen LogP contribution in [0.5, 0.6) is 0 Å². The molecule has 3 N–H and O–H groups in total. The molecule has 0 aromatic carbocycles. The van der Waals surface area contributed by atoms with E-state index in [1.54, 1.807) is 6.07 Å². The van der Waals surface area contributed by atoms with E-state index in [2.05, 4.69) is 5.32 Å². The highest BCUT2D eigenvalue weighted by Gasteiger charge is 2.12. The third kappa shape index (κ3) is 7.51. The van der Waals surface area contributed by atoms with Crippen molar-refractivity contribution in [3.63, 3.8) is 0 Å². The average molecular weight is 282 g/mol. The van der Waals surface area contributed by atoms with Gasteiger partial charge in [-0.05, 0) is 13.3 Å². The molecule has 7 heteroatoms. The van der Waals surface area contributed by atoms with Crippen LogP contribution in [-0.4, -0.2) is 49.6 Å². The first-order valence-corrected chi connectivity index (χ1v) is 6.51. The van der Waals surface area contributed by atoms with Gasteiger partial charge >= 0.3 is 0 Å². The Bertz CT molecular complexity index is 388. The Morgan fingerprint density at radius 3 is 2.70 bits per heavy atom. The van der Waals surface area contributed by atoms with Gasteiger partial charge in [0.1, 0.15) is 11.6 Å². The number of nitrogens with two attached hydrogens (primary N) is 1. The van der Waals surface area contributed by atoms with Crippen LogP contribution in [0, 0.1) is 11.3 Å². The van der Waals surface area contributed by atoms with Gasteiger partial charge in [0.2, 0.25) is 5.91 Å². The van der Waals surface area contributed by atoms with Gasteiger partial charge in [0.15, 0.2) is 0 Å². The molecule has 0 heterocycles. The van der Waals surface area contributed by atoms with Crippen molar-refractivity contribution in [3.8, 4) is 6.07 Å². The molecule has 0 bridgehead atoms. The maximum atomic E-state index is 11.8. The molecule has 0 aliphatic heterocycles. The number of nitrogens with one attached hydrogen (secondary N) is 1. The van der Waals surface area contributed by atoms with Crippen molar-refractivity contribution in [2.75, 3.05) is 32.8 Å². The highest BCUT2D eigenvalue weighted by atomic mass is 16.5. The third-order valence-electron chi connectivity index (χ3n) is 2.38. The Morgan fingerprint density at radius 1 is 1.50 bits per heavy atom. The van der Waals surface area contributed by atoms with Gasteiger partial charge in [-0.15, -0.1) is 0 Å². The van der Waals surface area contributed by atoms with Gasteiger partial charge in [0, 0.05) is 46.0 Å². The summed E-state index contributed by atoms with van der Waals surface area (Å²) in [6, 6.07) is 1.78. The van der Waals surface area contributed by atoms with Crippen LogP contribution < -0.4 is 11.1 Å². The molecule has 0 aliphatic rings. The monoisotopic (exact) mass is 282 g/mol. The van der Waals surface area contributed by atoms with Crippen molar-refractivity contribution in [1.82, 2.24) is 10.2 Å². The fourth-order valence-corrected chi connectivity index (χ4v) is 1.36. The maximum absolute atomic E-state index is 11.8. The molecule has 20 heavy (non-hydrogen) atoms. The SMILES string of the molecule is CCOCCCNC(=O)/C(C#N)=C\N(CCN)C(C)=O. The summed E-state index contributed by atoms with van der Waals surface area (Å²) in [7, 11) is 0. The first kappa shape index (κ1) is 18.1. The molecule has 0 saturated carbocycles. The summed E-state index contributed by atoms with van der Waals surface area (Å²) in [6.07, 6.45) is 1.89. The van der Waals surface area contributed by atoms with E-state index in [1.807, 2.05) is 6.92 Å². The number of ether oxygens (including phenoxy) is 1. The molecular weight excluding hydrogens is 260 g/mol. The van der Waals surface area contributed by atoms with Gasteiger partial charge in [-0.25, -0.2) is 0 Å². The lowest BCUT2D eigenvalue weighted by Gasteiger charge is -2.15. The molecule has 0 radical (unpaired) electrons.